The van der Waals surface area contributed by atoms with Crippen LogP contribution in [0.25, 0.3) is 0 Å². The molecule has 83 heavy (non-hydrogen) atoms. The molecular formula is C65H80N6O10S2. The first kappa shape index (κ1) is 59.7. The Labute approximate surface area is 497 Å². The van der Waals surface area contributed by atoms with Gasteiger partial charge in [0, 0.05) is 91.0 Å². The quantitative estimate of drug-likeness (QED) is 0.0359. The fourth-order valence-electron chi connectivity index (χ4n) is 12.1. The van der Waals surface area contributed by atoms with E-state index in [0.717, 1.165) is 57.9 Å². The number of hydrogen-bond acceptors (Lipinski definition) is 15. The van der Waals surface area contributed by atoms with E-state index in [1.807, 2.05) is 69.3 Å². The van der Waals surface area contributed by atoms with Crippen molar-refractivity contribution < 1.29 is 47.5 Å². The summed E-state index contributed by atoms with van der Waals surface area (Å²) in [5.74, 6) is 3.08. The van der Waals surface area contributed by atoms with Gasteiger partial charge in [0.25, 0.3) is 11.8 Å². The number of nitrogens with zero attached hydrogens (tertiary/aromatic N) is 4. The van der Waals surface area contributed by atoms with Crippen molar-refractivity contribution >= 4 is 74.0 Å². The van der Waals surface area contributed by atoms with Gasteiger partial charge < -0.3 is 53.6 Å². The normalized spacial score (nSPS) is 17.1. The Hall–Kier alpha value is -6.44. The molecule has 0 spiro atoms. The zero-order valence-corrected chi connectivity index (χ0v) is 50.7. The highest BCUT2D eigenvalue weighted by molar-refractivity contribution is 8.77. The Morgan fingerprint density at radius 2 is 1.36 bits per heavy atom. The fourth-order valence-corrected chi connectivity index (χ4v) is 14.7. The lowest BCUT2D eigenvalue weighted by Gasteiger charge is -2.34. The molecule has 4 aliphatic heterocycles. The molecule has 10 rings (SSSR count). The number of rotatable bonds is 28. The van der Waals surface area contributed by atoms with Crippen LogP contribution in [0, 0.1) is 5.92 Å². The second-order valence-corrected chi connectivity index (χ2v) is 26.3. The first-order valence-electron chi connectivity index (χ1n) is 29.2. The van der Waals surface area contributed by atoms with Gasteiger partial charge in [0.05, 0.1) is 81.8 Å². The van der Waals surface area contributed by atoms with E-state index in [0.29, 0.717) is 117 Å². The van der Waals surface area contributed by atoms with Gasteiger partial charge >= 0.3 is 0 Å². The molecular weight excluding hydrogens is 1090 g/mol. The van der Waals surface area contributed by atoms with Crippen LogP contribution in [0.4, 0.5) is 28.4 Å². The minimum absolute atomic E-state index is 0.0239. The number of aliphatic imine (C=N–C) groups is 1. The van der Waals surface area contributed by atoms with Gasteiger partial charge in [-0.25, -0.2) is 0 Å². The number of methoxy groups -OCH3 is 3. The Kier molecular flexibility index (Phi) is 19.5. The van der Waals surface area contributed by atoms with E-state index in [-0.39, 0.29) is 53.3 Å². The monoisotopic (exact) mass is 1170 g/mol. The average Bonchev–Trinajstić information content (AvgIpc) is 2.52. The molecule has 1 saturated carbocycles. The molecule has 0 aromatic heterocycles. The first-order chi connectivity index (χ1) is 40.2. The van der Waals surface area contributed by atoms with Crippen molar-refractivity contribution in [2.45, 2.75) is 115 Å². The molecule has 0 bridgehead atoms. The van der Waals surface area contributed by atoms with Gasteiger partial charge in [0.15, 0.2) is 23.0 Å². The predicted octanol–water partition coefficient (Wildman–Crippen LogP) is 11.7. The van der Waals surface area contributed by atoms with Crippen LogP contribution in [0.2, 0.25) is 0 Å². The number of hydrogen-bond donors (Lipinski definition) is 2. The van der Waals surface area contributed by atoms with E-state index in [1.54, 1.807) is 50.3 Å². The third-order valence-corrected chi connectivity index (χ3v) is 19.7. The summed E-state index contributed by atoms with van der Waals surface area (Å²) in [7, 11) is 8.45. The van der Waals surface area contributed by atoms with Gasteiger partial charge in [-0.15, -0.1) is 0 Å². The third-order valence-electron chi connectivity index (χ3n) is 16.3. The molecule has 3 amide bonds. The number of fused-ring (bicyclic) bond motifs is 8. The van der Waals surface area contributed by atoms with Crippen LogP contribution in [0.15, 0.2) is 96.0 Å². The lowest BCUT2D eigenvalue weighted by molar-refractivity contribution is -0.123. The number of anilines is 4. The largest absolute Gasteiger partial charge is 0.493 e. The maximum absolute atomic E-state index is 14.3. The minimum Gasteiger partial charge on any atom is -0.493 e. The zero-order chi connectivity index (χ0) is 58.1. The van der Waals surface area contributed by atoms with Crippen LogP contribution >= 0.6 is 21.6 Å². The third kappa shape index (κ3) is 14.2. The van der Waals surface area contributed by atoms with Gasteiger partial charge in [0.1, 0.15) is 13.2 Å². The molecule has 5 aromatic rings. The van der Waals surface area contributed by atoms with Crippen LogP contribution in [-0.2, 0) is 45.1 Å². The van der Waals surface area contributed by atoms with Gasteiger partial charge in [-0.1, -0.05) is 70.8 Å². The summed E-state index contributed by atoms with van der Waals surface area (Å²) in [4.78, 5) is 52.7. The highest BCUT2D eigenvalue weighted by atomic mass is 33.1. The molecule has 16 nitrogen and oxygen atoms in total. The van der Waals surface area contributed by atoms with Gasteiger partial charge in [0.2, 0.25) is 5.91 Å². The Morgan fingerprint density at radius 3 is 2.06 bits per heavy atom. The molecule has 1 fully saturated rings. The lowest BCUT2D eigenvalue weighted by atomic mass is 9.86. The van der Waals surface area contributed by atoms with Crippen molar-refractivity contribution in [1.82, 2.24) is 5.32 Å². The zero-order valence-electron chi connectivity index (χ0n) is 49.1. The van der Waals surface area contributed by atoms with Crippen LogP contribution < -0.4 is 44.3 Å². The summed E-state index contributed by atoms with van der Waals surface area (Å²) in [5, 5.41) is 6.91. The van der Waals surface area contributed by atoms with Crippen LogP contribution in [0.1, 0.15) is 109 Å². The SMILES string of the molecule is COCCOCCOCCN(CC(C)(C)SSCCCC(=O)NC(C)(C)C1CCCC1)c1cc(COc2cc3c(cc2OC)C(=O)N2c4ccccc4C[C@H]2C=N3)cc(COc2cc3c(cc2OC)C(=O)N2c4ccccc4C[C@H]2CN3)c1. The van der Waals surface area contributed by atoms with Gasteiger partial charge in [-0.05, 0) is 124 Å². The Bertz CT molecular complexity index is 3150. The summed E-state index contributed by atoms with van der Waals surface area (Å²) >= 11 is 0. The van der Waals surface area contributed by atoms with E-state index in [4.69, 9.17) is 38.2 Å². The number of carbonyl (C=O) groups excluding carboxylic acids is 3. The highest BCUT2D eigenvalue weighted by Crippen LogP contribution is 2.44. The maximum atomic E-state index is 14.3. The van der Waals surface area contributed by atoms with E-state index in [9.17, 15) is 14.4 Å². The van der Waals surface area contributed by atoms with Gasteiger partial charge in [-0.2, -0.15) is 0 Å². The molecule has 5 aromatic carbocycles. The molecule has 2 N–H and O–H groups in total. The van der Waals surface area contributed by atoms with E-state index in [1.165, 1.54) is 25.7 Å². The molecule has 0 radical (unpaired) electrons. The number of para-hydroxylation sites is 2. The molecule has 0 saturated heterocycles. The molecule has 442 valence electrons. The second kappa shape index (κ2) is 27.1. The molecule has 4 heterocycles. The van der Waals surface area contributed by atoms with Crippen molar-refractivity contribution in [3.8, 4) is 23.0 Å². The number of ether oxygens (including phenoxy) is 7. The van der Waals surface area contributed by atoms with Crippen molar-refractivity contribution in [1.29, 1.82) is 0 Å². The number of nitrogens with one attached hydrogen (secondary N) is 2. The average molecular weight is 1170 g/mol. The van der Waals surface area contributed by atoms with Gasteiger partial charge in [-0.3, -0.25) is 24.3 Å². The van der Waals surface area contributed by atoms with Crippen molar-refractivity contribution in [3.05, 3.63) is 124 Å². The Balaban J connectivity index is 0.903. The van der Waals surface area contributed by atoms with Crippen molar-refractivity contribution in [2.75, 3.05) is 99.8 Å². The number of benzene rings is 5. The fraction of sp³-hybridized carbons (Fsp3) is 0.477. The number of carbonyl (C=O) groups is 3. The smallest absolute Gasteiger partial charge is 0.261 e. The van der Waals surface area contributed by atoms with E-state index >= 15 is 0 Å². The van der Waals surface area contributed by atoms with E-state index in [2.05, 4.69) is 73.6 Å². The lowest BCUT2D eigenvalue weighted by Crippen LogP contribution is -2.48. The first-order valence-corrected chi connectivity index (χ1v) is 31.5. The minimum atomic E-state index is -0.245. The summed E-state index contributed by atoms with van der Waals surface area (Å²) in [6, 6.07) is 29.4. The standard InChI is InChI=1S/C65H80N6O10S2/c1-64(2,83-82-28-14-21-61(72)68-65(3,4)47-17-10-11-18-47)42-69(22-23-78-26-27-79-25-24-75-5)48-30-43(40-80-59-36-53-51(34-57(59)76-6)62(73)70-49(38-66-53)32-45-15-8-12-19-55(45)70)29-44(31-48)41-81-60-37-54-52(35-58(60)77-7)63(74)71-50(39-67-54)33-46-16-9-13-20-56(46)71/h8-9,12-13,15-16,19-20,29-31,34-38,47,49-50,67H,10-11,14,17-18,21-28,32-33,39-42H2,1-7H3,(H,68,72)/t49-,50-/m0/s1. The topological polar surface area (TPSA) is 162 Å². The number of amides is 3. The summed E-state index contributed by atoms with van der Waals surface area (Å²) in [5.41, 5.74) is 8.74. The summed E-state index contributed by atoms with van der Waals surface area (Å²) in [6.07, 6.45) is 9.44. The molecule has 1 aliphatic carbocycles. The summed E-state index contributed by atoms with van der Waals surface area (Å²) < 4.78 is 42.1. The highest BCUT2D eigenvalue weighted by Gasteiger charge is 2.39. The predicted molar refractivity (Wildman–Crippen MR) is 332 cm³/mol. The molecule has 2 atom stereocenters. The molecule has 0 unspecified atom stereocenters. The van der Waals surface area contributed by atoms with Crippen molar-refractivity contribution in [3.63, 3.8) is 0 Å². The molecule has 5 aliphatic rings. The van der Waals surface area contributed by atoms with Crippen LogP contribution in [-0.4, -0.2) is 126 Å². The van der Waals surface area contributed by atoms with Crippen molar-refractivity contribution in [2.24, 2.45) is 10.9 Å². The maximum Gasteiger partial charge on any atom is 0.261 e. The Morgan fingerprint density at radius 1 is 0.735 bits per heavy atom. The van der Waals surface area contributed by atoms with Crippen LogP contribution in [0.3, 0.4) is 0 Å². The second-order valence-electron chi connectivity index (χ2n) is 23.2. The molecule has 18 heteroatoms. The van der Waals surface area contributed by atoms with E-state index < -0.39 is 0 Å². The summed E-state index contributed by atoms with van der Waals surface area (Å²) in [6.45, 7) is 13.3. The van der Waals surface area contributed by atoms with Crippen LogP contribution in [0.5, 0.6) is 23.0 Å².